The molecule has 0 atom stereocenters. The molecule has 0 bridgehead atoms. The van der Waals surface area contributed by atoms with Gasteiger partial charge in [0.15, 0.2) is 5.78 Å². The molecule has 2 aromatic carbocycles. The summed E-state index contributed by atoms with van der Waals surface area (Å²) in [5, 5.41) is 20.5. The van der Waals surface area contributed by atoms with Gasteiger partial charge >= 0.3 is 0 Å². The van der Waals surface area contributed by atoms with Gasteiger partial charge in [-0.2, -0.15) is 5.26 Å². The Morgan fingerprint density at radius 1 is 1.09 bits per heavy atom. The summed E-state index contributed by atoms with van der Waals surface area (Å²) in [4.78, 5) is 26.2. The number of aromatic nitrogens is 1. The van der Waals surface area contributed by atoms with Crippen molar-refractivity contribution in [1.29, 1.82) is 5.26 Å². The van der Waals surface area contributed by atoms with Crippen LogP contribution in [0.4, 0.5) is 0 Å². The topological polar surface area (TPSA) is 102 Å². The van der Waals surface area contributed by atoms with Crippen LogP contribution in [0.5, 0.6) is 17.4 Å². The largest absolute Gasteiger partial charge is 0.497 e. The molecular weight excluding hydrogens is 420 g/mol. The molecule has 1 heterocycles. The molecule has 0 aliphatic heterocycles. The van der Waals surface area contributed by atoms with Gasteiger partial charge in [-0.1, -0.05) is 25.5 Å². The number of ether oxygens (including phenoxy) is 2. The Labute approximate surface area is 192 Å². The van der Waals surface area contributed by atoms with Crippen LogP contribution >= 0.6 is 0 Å². The molecule has 3 rings (SSSR count). The van der Waals surface area contributed by atoms with E-state index >= 15 is 0 Å². The molecule has 0 amide bonds. The maximum absolute atomic E-state index is 13.3. The highest BCUT2D eigenvalue weighted by atomic mass is 16.5. The van der Waals surface area contributed by atoms with Crippen molar-refractivity contribution < 1.29 is 19.4 Å². The molecule has 0 aliphatic carbocycles. The number of hydrogen-bond donors (Lipinski definition) is 1. The van der Waals surface area contributed by atoms with Gasteiger partial charge in [-0.25, -0.2) is 0 Å². The van der Waals surface area contributed by atoms with Crippen LogP contribution in [-0.2, 0) is 6.54 Å². The number of aromatic hydroxyl groups is 1. The van der Waals surface area contributed by atoms with Gasteiger partial charge in [0, 0.05) is 5.56 Å². The van der Waals surface area contributed by atoms with Crippen LogP contribution in [0.3, 0.4) is 0 Å². The fourth-order valence-electron chi connectivity index (χ4n) is 3.46. The van der Waals surface area contributed by atoms with E-state index in [-0.39, 0.29) is 23.2 Å². The lowest BCUT2D eigenvalue weighted by Gasteiger charge is -2.16. The summed E-state index contributed by atoms with van der Waals surface area (Å²) in [5.41, 5.74) is 0.269. The Morgan fingerprint density at radius 2 is 1.73 bits per heavy atom. The summed E-state index contributed by atoms with van der Waals surface area (Å²) in [6.07, 6.45) is 1.95. The van der Waals surface area contributed by atoms with Crippen molar-refractivity contribution in [3.05, 3.63) is 86.7 Å². The summed E-state index contributed by atoms with van der Waals surface area (Å²) in [6.45, 7) is 4.15. The molecule has 3 aromatic rings. The third-order valence-corrected chi connectivity index (χ3v) is 5.41. The molecule has 1 N–H and O–H groups in total. The number of pyridine rings is 1. The molecule has 0 saturated heterocycles. The van der Waals surface area contributed by atoms with Gasteiger partial charge in [0.2, 0.25) is 5.88 Å². The minimum absolute atomic E-state index is 0.00585. The lowest BCUT2D eigenvalue weighted by molar-refractivity contribution is 0.103. The van der Waals surface area contributed by atoms with Gasteiger partial charge in [0.25, 0.3) is 5.56 Å². The number of hydrogen-bond acceptors (Lipinski definition) is 6. The van der Waals surface area contributed by atoms with Gasteiger partial charge in [0.1, 0.15) is 23.1 Å². The van der Waals surface area contributed by atoms with E-state index in [9.17, 15) is 20.0 Å². The summed E-state index contributed by atoms with van der Waals surface area (Å²) in [6, 6.07) is 15.4. The summed E-state index contributed by atoms with van der Waals surface area (Å²) in [7, 11) is 1.55. The lowest BCUT2D eigenvalue weighted by atomic mass is 9.97. The SMILES string of the molecule is CCCCOc1ccc(C(=O)c2c(C)c(C#N)c(=O)n(Cc3ccc(OC)cc3)c2O)cc1. The zero-order chi connectivity index (χ0) is 24.0. The number of carbonyl (C=O) groups excluding carboxylic acids is 1. The second-order valence-corrected chi connectivity index (χ2v) is 7.61. The zero-order valence-electron chi connectivity index (χ0n) is 18.9. The zero-order valence-corrected chi connectivity index (χ0v) is 18.9. The van der Waals surface area contributed by atoms with Crippen molar-refractivity contribution in [2.24, 2.45) is 0 Å². The molecule has 0 spiro atoms. The molecular formula is C26H26N2O5. The van der Waals surface area contributed by atoms with Crippen LogP contribution in [0.1, 0.15) is 52.4 Å². The third-order valence-electron chi connectivity index (χ3n) is 5.41. The summed E-state index contributed by atoms with van der Waals surface area (Å²) in [5.74, 6) is 0.337. The van der Waals surface area contributed by atoms with Crippen LogP contribution in [0.2, 0.25) is 0 Å². The number of unbranched alkanes of at least 4 members (excludes halogenated alkanes) is 1. The van der Waals surface area contributed by atoms with Crippen molar-refractivity contribution in [3.8, 4) is 23.4 Å². The monoisotopic (exact) mass is 446 g/mol. The first-order chi connectivity index (χ1) is 15.9. The Hall–Kier alpha value is -4.05. The maximum Gasteiger partial charge on any atom is 0.271 e. The minimum Gasteiger partial charge on any atom is -0.497 e. The summed E-state index contributed by atoms with van der Waals surface area (Å²) < 4.78 is 11.8. The first-order valence-electron chi connectivity index (χ1n) is 10.7. The van der Waals surface area contributed by atoms with Gasteiger partial charge in [-0.15, -0.1) is 0 Å². The quantitative estimate of drug-likeness (QED) is 0.390. The molecule has 0 radical (unpaired) electrons. The van der Waals surface area contributed by atoms with Gasteiger partial charge in [-0.05, 0) is 60.9 Å². The van der Waals surface area contributed by atoms with Crippen molar-refractivity contribution in [3.63, 3.8) is 0 Å². The average Bonchev–Trinajstić information content (AvgIpc) is 2.83. The van der Waals surface area contributed by atoms with E-state index in [1.165, 1.54) is 6.92 Å². The molecule has 0 aliphatic rings. The number of benzene rings is 2. The Bertz CT molecular complexity index is 1240. The van der Waals surface area contributed by atoms with Crippen LogP contribution in [0, 0.1) is 18.3 Å². The smallest absolute Gasteiger partial charge is 0.271 e. The summed E-state index contributed by atoms with van der Waals surface area (Å²) >= 11 is 0. The second kappa shape index (κ2) is 10.5. The number of rotatable bonds is 9. The number of carbonyl (C=O) groups is 1. The maximum atomic E-state index is 13.3. The molecule has 7 heteroatoms. The van der Waals surface area contributed by atoms with E-state index in [0.29, 0.717) is 29.2 Å². The lowest BCUT2D eigenvalue weighted by Crippen LogP contribution is -2.27. The van der Waals surface area contributed by atoms with E-state index in [4.69, 9.17) is 9.47 Å². The Kier molecular flexibility index (Phi) is 7.52. The van der Waals surface area contributed by atoms with Crippen molar-refractivity contribution >= 4 is 5.78 Å². The number of methoxy groups -OCH3 is 1. The normalized spacial score (nSPS) is 10.5. The van der Waals surface area contributed by atoms with Crippen LogP contribution in [0.15, 0.2) is 53.3 Å². The number of ketones is 1. The standard InChI is InChI=1S/C26H26N2O5/c1-4-5-14-33-21-12-8-19(9-13-21)24(29)23-17(2)22(15-27)25(30)28(26(23)31)16-18-6-10-20(32-3)11-7-18/h6-13,31H,4-5,14,16H2,1-3H3. The highest BCUT2D eigenvalue weighted by Gasteiger charge is 2.25. The van der Waals surface area contributed by atoms with Crippen LogP contribution < -0.4 is 15.0 Å². The van der Waals surface area contributed by atoms with Gasteiger partial charge < -0.3 is 14.6 Å². The minimum atomic E-state index is -0.653. The highest BCUT2D eigenvalue weighted by molar-refractivity contribution is 6.11. The third kappa shape index (κ3) is 5.07. The second-order valence-electron chi connectivity index (χ2n) is 7.61. The Morgan fingerprint density at radius 3 is 2.30 bits per heavy atom. The highest BCUT2D eigenvalue weighted by Crippen LogP contribution is 2.26. The van der Waals surface area contributed by atoms with Gasteiger partial charge in [-0.3, -0.25) is 14.2 Å². The molecule has 170 valence electrons. The van der Waals surface area contributed by atoms with Crippen LogP contribution in [-0.4, -0.2) is 29.2 Å². The first kappa shape index (κ1) is 23.6. The van der Waals surface area contributed by atoms with E-state index in [0.717, 1.165) is 17.4 Å². The van der Waals surface area contributed by atoms with Crippen molar-refractivity contribution in [2.45, 2.75) is 33.2 Å². The molecule has 0 saturated carbocycles. The van der Waals surface area contributed by atoms with E-state index < -0.39 is 17.2 Å². The first-order valence-corrected chi connectivity index (χ1v) is 10.7. The predicted octanol–water partition coefficient (Wildman–Crippen LogP) is 4.20. The molecule has 0 unspecified atom stereocenters. The number of nitrogens with zero attached hydrogens (tertiary/aromatic N) is 2. The van der Waals surface area contributed by atoms with E-state index in [2.05, 4.69) is 6.92 Å². The van der Waals surface area contributed by atoms with E-state index in [1.807, 2.05) is 6.07 Å². The molecule has 33 heavy (non-hydrogen) atoms. The molecule has 0 fully saturated rings. The predicted molar refractivity (Wildman–Crippen MR) is 124 cm³/mol. The van der Waals surface area contributed by atoms with Crippen molar-refractivity contribution in [2.75, 3.05) is 13.7 Å². The van der Waals surface area contributed by atoms with Crippen LogP contribution in [0.25, 0.3) is 0 Å². The van der Waals surface area contributed by atoms with Gasteiger partial charge in [0.05, 0.1) is 25.8 Å². The molecule has 1 aromatic heterocycles. The molecule has 7 nitrogen and oxygen atoms in total. The van der Waals surface area contributed by atoms with Crippen molar-refractivity contribution in [1.82, 2.24) is 4.57 Å². The number of nitriles is 1. The fourth-order valence-corrected chi connectivity index (χ4v) is 3.46. The average molecular weight is 447 g/mol. The fraction of sp³-hybridized carbons (Fsp3) is 0.269. The Balaban J connectivity index is 2.00. The van der Waals surface area contributed by atoms with E-state index in [1.54, 1.807) is 55.6 Å².